The van der Waals surface area contributed by atoms with E-state index in [-0.39, 0.29) is 5.75 Å². The minimum atomic E-state index is -3.32. The summed E-state index contributed by atoms with van der Waals surface area (Å²) in [6, 6.07) is 13.8. The van der Waals surface area contributed by atoms with E-state index >= 15 is 0 Å². The number of nitriles is 2. The first-order chi connectivity index (χ1) is 15.1. The molecule has 0 spiro atoms. The largest absolute Gasteiger partial charge is 0.218 e. The minimum Gasteiger partial charge on any atom is -0.212 e. The topological polar surface area (TPSA) is 85.0 Å². The van der Waals surface area contributed by atoms with Crippen LogP contribution in [0.15, 0.2) is 30.3 Å². The zero-order chi connectivity index (χ0) is 22.6. The highest BCUT2D eigenvalue weighted by Gasteiger charge is 2.21. The first kappa shape index (κ1) is 27.1. The number of hydrogen-bond acceptors (Lipinski definition) is 4. The second-order valence-electron chi connectivity index (χ2n) is 8.20. The summed E-state index contributed by atoms with van der Waals surface area (Å²) in [5.41, 5.74) is 0.836. The quantitative estimate of drug-likeness (QED) is 0.233. The molecule has 31 heavy (non-hydrogen) atoms. The van der Waals surface area contributed by atoms with Crippen molar-refractivity contribution >= 4 is 10.0 Å². The lowest BCUT2D eigenvalue weighted by molar-refractivity contribution is 0.383. The summed E-state index contributed by atoms with van der Waals surface area (Å²) < 4.78 is 27.8. The first-order valence-corrected chi connectivity index (χ1v) is 13.5. The van der Waals surface area contributed by atoms with Gasteiger partial charge in [0.2, 0.25) is 10.0 Å². The van der Waals surface area contributed by atoms with Crippen molar-refractivity contribution in [2.24, 2.45) is 0 Å². The summed E-state index contributed by atoms with van der Waals surface area (Å²) in [5.74, 6) is 0.0656. The maximum atomic E-state index is 13.0. The third-order valence-corrected chi connectivity index (χ3v) is 7.33. The SMILES string of the molecule is N#CCCCCCCCCN(CCCCCCCCC#N)S(=O)(=O)Cc1ccccc1. The molecule has 0 unspecified atom stereocenters. The number of benzene rings is 1. The van der Waals surface area contributed by atoms with Gasteiger partial charge in [-0.25, -0.2) is 12.7 Å². The van der Waals surface area contributed by atoms with Gasteiger partial charge in [-0.15, -0.1) is 0 Å². The summed E-state index contributed by atoms with van der Waals surface area (Å²) in [6.45, 7) is 1.19. The predicted molar refractivity (Wildman–Crippen MR) is 127 cm³/mol. The summed E-state index contributed by atoms with van der Waals surface area (Å²) >= 11 is 0. The Kier molecular flexibility index (Phi) is 15.5. The van der Waals surface area contributed by atoms with Crippen molar-refractivity contribution in [2.75, 3.05) is 13.1 Å². The van der Waals surface area contributed by atoms with Gasteiger partial charge in [-0.1, -0.05) is 81.7 Å². The Balaban J connectivity index is 2.43. The van der Waals surface area contributed by atoms with Gasteiger partial charge in [0, 0.05) is 25.9 Å². The van der Waals surface area contributed by atoms with Gasteiger partial charge in [0.1, 0.15) is 0 Å². The summed E-state index contributed by atoms with van der Waals surface area (Å²) in [6.07, 6.45) is 13.6. The van der Waals surface area contributed by atoms with Crippen LogP contribution in [0, 0.1) is 22.7 Å². The van der Waals surface area contributed by atoms with Crippen LogP contribution in [0.5, 0.6) is 0 Å². The lowest BCUT2D eigenvalue weighted by Gasteiger charge is -2.22. The van der Waals surface area contributed by atoms with Gasteiger partial charge in [0.05, 0.1) is 17.9 Å². The maximum Gasteiger partial charge on any atom is 0.218 e. The standard InChI is InChI=1S/C25H39N3O2S/c26-20-14-7-3-1-5-9-16-22-28(23-17-10-6-2-4-8-15-21-27)31(29,30)24-25-18-12-11-13-19-25/h11-13,18-19H,1-10,14-17,22-24H2. The van der Waals surface area contributed by atoms with E-state index in [0.717, 1.165) is 82.6 Å². The van der Waals surface area contributed by atoms with E-state index in [0.29, 0.717) is 25.9 Å². The van der Waals surface area contributed by atoms with E-state index in [1.165, 1.54) is 0 Å². The third-order valence-electron chi connectivity index (χ3n) is 5.48. The molecule has 0 atom stereocenters. The summed E-state index contributed by atoms with van der Waals surface area (Å²) in [7, 11) is -3.32. The minimum absolute atomic E-state index is 0.0656. The highest BCUT2D eigenvalue weighted by molar-refractivity contribution is 7.88. The van der Waals surface area contributed by atoms with Gasteiger partial charge in [-0.05, 0) is 31.2 Å². The van der Waals surface area contributed by atoms with Crippen LogP contribution in [0.1, 0.15) is 95.5 Å². The van der Waals surface area contributed by atoms with Crippen LogP contribution in [0.2, 0.25) is 0 Å². The van der Waals surface area contributed by atoms with Crippen molar-refractivity contribution in [3.8, 4) is 12.1 Å². The molecule has 0 saturated heterocycles. The van der Waals surface area contributed by atoms with Crippen molar-refractivity contribution in [3.63, 3.8) is 0 Å². The molecule has 1 aromatic carbocycles. The smallest absolute Gasteiger partial charge is 0.212 e. The van der Waals surface area contributed by atoms with Crippen LogP contribution in [-0.4, -0.2) is 25.8 Å². The molecule has 0 bridgehead atoms. The number of hydrogen-bond donors (Lipinski definition) is 0. The van der Waals surface area contributed by atoms with Crippen molar-refractivity contribution in [1.29, 1.82) is 10.5 Å². The van der Waals surface area contributed by atoms with Crippen molar-refractivity contribution < 1.29 is 8.42 Å². The summed E-state index contributed by atoms with van der Waals surface area (Å²) in [5, 5.41) is 17.2. The number of rotatable bonds is 19. The molecule has 0 aliphatic heterocycles. The van der Waals surface area contributed by atoms with Gasteiger partial charge in [-0.3, -0.25) is 0 Å². The van der Waals surface area contributed by atoms with E-state index in [1.54, 1.807) is 4.31 Å². The van der Waals surface area contributed by atoms with E-state index in [1.807, 2.05) is 30.3 Å². The normalized spacial score (nSPS) is 11.3. The van der Waals surface area contributed by atoms with Crippen molar-refractivity contribution in [2.45, 2.75) is 95.6 Å². The Bertz CT molecular complexity index is 721. The fourth-order valence-electron chi connectivity index (χ4n) is 3.66. The molecular formula is C25H39N3O2S. The maximum absolute atomic E-state index is 13.0. The van der Waals surface area contributed by atoms with Crippen LogP contribution < -0.4 is 0 Å². The molecule has 5 nitrogen and oxygen atoms in total. The predicted octanol–water partition coefficient (Wildman–Crippen LogP) is 6.33. The van der Waals surface area contributed by atoms with Crippen LogP contribution in [0.4, 0.5) is 0 Å². The average Bonchev–Trinajstić information content (AvgIpc) is 2.76. The molecule has 0 N–H and O–H groups in total. The Morgan fingerprint density at radius 2 is 1.06 bits per heavy atom. The van der Waals surface area contributed by atoms with E-state index < -0.39 is 10.0 Å². The molecule has 0 aromatic heterocycles. The molecule has 0 amide bonds. The Hall–Kier alpha value is -1.89. The third kappa shape index (κ3) is 13.9. The second kappa shape index (κ2) is 17.8. The molecule has 1 rings (SSSR count). The lowest BCUT2D eigenvalue weighted by atomic mass is 10.1. The van der Waals surface area contributed by atoms with Crippen LogP contribution in [0.3, 0.4) is 0 Å². The molecule has 0 aliphatic carbocycles. The highest BCUT2D eigenvalue weighted by atomic mass is 32.2. The molecule has 172 valence electrons. The number of unbranched alkanes of at least 4 members (excludes halogenated alkanes) is 12. The molecule has 0 fully saturated rings. The molecule has 6 heteroatoms. The fraction of sp³-hybridized carbons (Fsp3) is 0.680. The Morgan fingerprint density at radius 1 is 0.645 bits per heavy atom. The molecule has 0 saturated carbocycles. The average molecular weight is 446 g/mol. The molecule has 0 radical (unpaired) electrons. The van der Waals surface area contributed by atoms with Gasteiger partial charge in [0.15, 0.2) is 0 Å². The number of nitrogens with zero attached hydrogens (tertiary/aromatic N) is 3. The van der Waals surface area contributed by atoms with Crippen molar-refractivity contribution in [1.82, 2.24) is 4.31 Å². The van der Waals surface area contributed by atoms with Crippen LogP contribution in [-0.2, 0) is 15.8 Å². The zero-order valence-corrected chi connectivity index (χ0v) is 19.8. The lowest BCUT2D eigenvalue weighted by Crippen LogP contribution is -2.34. The zero-order valence-electron chi connectivity index (χ0n) is 19.0. The molecule has 1 aromatic rings. The van der Waals surface area contributed by atoms with Gasteiger partial charge in [-0.2, -0.15) is 10.5 Å². The number of sulfonamides is 1. The van der Waals surface area contributed by atoms with Gasteiger partial charge < -0.3 is 0 Å². The van der Waals surface area contributed by atoms with E-state index in [2.05, 4.69) is 12.1 Å². The fourth-order valence-corrected chi connectivity index (χ4v) is 5.28. The summed E-state index contributed by atoms with van der Waals surface area (Å²) in [4.78, 5) is 0. The Labute approximate surface area is 190 Å². The molecule has 0 aliphatic rings. The van der Waals surface area contributed by atoms with Crippen LogP contribution >= 0.6 is 0 Å². The van der Waals surface area contributed by atoms with Crippen LogP contribution in [0.25, 0.3) is 0 Å². The monoisotopic (exact) mass is 445 g/mol. The highest BCUT2D eigenvalue weighted by Crippen LogP contribution is 2.16. The van der Waals surface area contributed by atoms with Crippen molar-refractivity contribution in [3.05, 3.63) is 35.9 Å². The van der Waals surface area contributed by atoms with Gasteiger partial charge >= 0.3 is 0 Å². The first-order valence-electron chi connectivity index (χ1n) is 11.9. The molecular weight excluding hydrogens is 406 g/mol. The van der Waals surface area contributed by atoms with E-state index in [9.17, 15) is 8.42 Å². The Morgan fingerprint density at radius 3 is 1.52 bits per heavy atom. The van der Waals surface area contributed by atoms with E-state index in [4.69, 9.17) is 10.5 Å². The molecule has 0 heterocycles. The van der Waals surface area contributed by atoms with Gasteiger partial charge in [0.25, 0.3) is 0 Å². The second-order valence-corrected chi connectivity index (χ2v) is 10.2.